The number of carboxylic acids is 1. The fraction of sp³-hybridized carbons (Fsp3) is 0.462. The van der Waals surface area contributed by atoms with E-state index in [0.717, 1.165) is 12.8 Å². The second-order valence-electron chi connectivity index (χ2n) is 4.82. The van der Waals surface area contributed by atoms with Gasteiger partial charge in [0.1, 0.15) is 0 Å². The molecule has 0 spiro atoms. The van der Waals surface area contributed by atoms with Crippen LogP contribution in [-0.4, -0.2) is 28.0 Å². The van der Waals surface area contributed by atoms with E-state index < -0.39 is 5.97 Å². The maximum absolute atomic E-state index is 11.6. The van der Waals surface area contributed by atoms with Crippen LogP contribution in [0.4, 0.5) is 0 Å². The zero-order chi connectivity index (χ0) is 13.8. The minimum Gasteiger partial charge on any atom is -0.478 e. The van der Waals surface area contributed by atoms with Crippen molar-refractivity contribution in [2.24, 2.45) is 11.7 Å². The molecule has 1 aromatic rings. The third kappa shape index (κ3) is 4.03. The van der Waals surface area contributed by atoms with Gasteiger partial charge >= 0.3 is 5.97 Å². The van der Waals surface area contributed by atoms with E-state index in [0.29, 0.717) is 18.0 Å². The summed E-state index contributed by atoms with van der Waals surface area (Å²) in [5.41, 5.74) is 6.54. The van der Waals surface area contributed by atoms with Crippen LogP contribution in [0.1, 0.15) is 35.3 Å². The van der Waals surface area contributed by atoms with E-state index in [-0.39, 0.29) is 24.1 Å². The van der Waals surface area contributed by atoms with E-state index in [1.807, 2.05) is 0 Å². The fourth-order valence-corrected chi connectivity index (χ4v) is 1.87. The number of carbonyl (C=O) groups is 2. The largest absolute Gasteiger partial charge is 0.478 e. The minimum atomic E-state index is -1.01. The second kappa shape index (κ2) is 5.79. The lowest BCUT2D eigenvalue weighted by Crippen LogP contribution is -2.32. The zero-order valence-electron chi connectivity index (χ0n) is 10.5. The van der Waals surface area contributed by atoms with E-state index in [1.165, 1.54) is 18.3 Å². The maximum atomic E-state index is 11.6. The van der Waals surface area contributed by atoms with Gasteiger partial charge < -0.3 is 16.2 Å². The molecule has 102 valence electrons. The van der Waals surface area contributed by atoms with Gasteiger partial charge in [-0.05, 0) is 30.9 Å². The lowest BCUT2D eigenvalue weighted by molar-refractivity contribution is -0.121. The van der Waals surface area contributed by atoms with Crippen molar-refractivity contribution in [2.45, 2.75) is 31.8 Å². The first kappa shape index (κ1) is 13.5. The number of carboxylic acid groups (broad SMARTS) is 1. The normalized spacial score (nSPS) is 15.8. The number of pyridine rings is 1. The molecule has 6 nitrogen and oxygen atoms in total. The highest BCUT2D eigenvalue weighted by Crippen LogP contribution is 2.32. The Kier molecular flexibility index (Phi) is 4.11. The van der Waals surface area contributed by atoms with Crippen LogP contribution in [0.2, 0.25) is 0 Å². The van der Waals surface area contributed by atoms with Crippen LogP contribution in [0, 0.1) is 5.92 Å². The summed E-state index contributed by atoms with van der Waals surface area (Å²) in [5, 5.41) is 11.5. The molecule has 1 heterocycles. The molecule has 0 aromatic carbocycles. The highest BCUT2D eigenvalue weighted by atomic mass is 16.4. The molecule has 0 bridgehead atoms. The first-order valence-electron chi connectivity index (χ1n) is 6.27. The Labute approximate surface area is 111 Å². The molecule has 1 aromatic heterocycles. The number of rotatable bonds is 6. The first-order valence-corrected chi connectivity index (χ1v) is 6.27. The van der Waals surface area contributed by atoms with E-state index in [4.69, 9.17) is 10.8 Å². The molecular weight excluding hydrogens is 246 g/mol. The van der Waals surface area contributed by atoms with Gasteiger partial charge in [-0.2, -0.15) is 0 Å². The predicted molar refractivity (Wildman–Crippen MR) is 68.4 cm³/mol. The van der Waals surface area contributed by atoms with Gasteiger partial charge in [-0.1, -0.05) is 0 Å². The van der Waals surface area contributed by atoms with Crippen LogP contribution in [-0.2, 0) is 11.3 Å². The summed E-state index contributed by atoms with van der Waals surface area (Å²) in [4.78, 5) is 26.4. The van der Waals surface area contributed by atoms with Gasteiger partial charge in [0.25, 0.3) is 0 Å². The summed E-state index contributed by atoms with van der Waals surface area (Å²) >= 11 is 0. The molecule has 1 aliphatic carbocycles. The van der Waals surface area contributed by atoms with Crippen LogP contribution in [0.25, 0.3) is 0 Å². The van der Waals surface area contributed by atoms with E-state index in [1.54, 1.807) is 0 Å². The third-order valence-electron chi connectivity index (χ3n) is 3.18. The molecule has 4 N–H and O–H groups in total. The number of nitrogens with zero attached hydrogens (tertiary/aromatic N) is 1. The Balaban J connectivity index is 1.82. The molecule has 1 atom stereocenters. The first-order chi connectivity index (χ1) is 9.06. The van der Waals surface area contributed by atoms with E-state index in [2.05, 4.69) is 10.3 Å². The molecule has 6 heteroatoms. The molecular formula is C13H17N3O3. The van der Waals surface area contributed by atoms with Gasteiger partial charge in [0.15, 0.2) is 0 Å². The molecule has 19 heavy (non-hydrogen) atoms. The highest BCUT2D eigenvalue weighted by molar-refractivity contribution is 5.87. The number of nitrogens with one attached hydrogen (secondary N) is 1. The second-order valence-corrected chi connectivity index (χ2v) is 4.82. The van der Waals surface area contributed by atoms with E-state index in [9.17, 15) is 9.59 Å². The van der Waals surface area contributed by atoms with Crippen LogP contribution in [0.15, 0.2) is 18.3 Å². The average molecular weight is 263 g/mol. The number of amides is 1. The summed E-state index contributed by atoms with van der Waals surface area (Å²) in [5.74, 6) is -0.646. The van der Waals surface area contributed by atoms with Crippen molar-refractivity contribution in [3.8, 4) is 0 Å². The van der Waals surface area contributed by atoms with Crippen molar-refractivity contribution >= 4 is 11.9 Å². The van der Waals surface area contributed by atoms with Gasteiger partial charge in [-0.3, -0.25) is 9.78 Å². The minimum absolute atomic E-state index is 0.0710. The summed E-state index contributed by atoms with van der Waals surface area (Å²) in [7, 11) is 0. The number of hydrogen-bond acceptors (Lipinski definition) is 4. The van der Waals surface area contributed by atoms with Gasteiger partial charge in [0.05, 0.1) is 17.8 Å². The molecule has 2 rings (SSSR count). The lowest BCUT2D eigenvalue weighted by atomic mass is 10.1. The zero-order valence-corrected chi connectivity index (χ0v) is 10.5. The molecule has 0 aliphatic heterocycles. The number of carbonyl (C=O) groups excluding carboxylic acids is 1. The summed E-state index contributed by atoms with van der Waals surface area (Å²) < 4.78 is 0. The summed E-state index contributed by atoms with van der Waals surface area (Å²) in [6.07, 6.45) is 3.94. The van der Waals surface area contributed by atoms with Crippen molar-refractivity contribution in [1.82, 2.24) is 10.3 Å². The van der Waals surface area contributed by atoms with Crippen LogP contribution in [0.3, 0.4) is 0 Å². The maximum Gasteiger partial charge on any atom is 0.335 e. The van der Waals surface area contributed by atoms with Crippen molar-refractivity contribution < 1.29 is 14.7 Å². The van der Waals surface area contributed by atoms with Crippen LogP contribution >= 0.6 is 0 Å². The molecule has 0 radical (unpaired) electrons. The van der Waals surface area contributed by atoms with Gasteiger partial charge in [0.2, 0.25) is 5.91 Å². The Hall–Kier alpha value is -1.95. The molecule has 0 saturated heterocycles. The van der Waals surface area contributed by atoms with Gasteiger partial charge in [-0.25, -0.2) is 4.79 Å². The third-order valence-corrected chi connectivity index (χ3v) is 3.18. The Morgan fingerprint density at radius 3 is 2.89 bits per heavy atom. The number of aromatic nitrogens is 1. The van der Waals surface area contributed by atoms with Crippen molar-refractivity contribution in [3.05, 3.63) is 29.6 Å². The van der Waals surface area contributed by atoms with Crippen LogP contribution in [0.5, 0.6) is 0 Å². The SMILES string of the molecule is NC(CC(=O)NCc1cc(C(=O)O)ccn1)C1CC1. The average Bonchev–Trinajstić information content (AvgIpc) is 3.21. The number of hydrogen-bond donors (Lipinski definition) is 3. The molecule has 1 saturated carbocycles. The monoisotopic (exact) mass is 263 g/mol. The number of nitrogens with two attached hydrogens (primary N) is 1. The van der Waals surface area contributed by atoms with E-state index >= 15 is 0 Å². The van der Waals surface area contributed by atoms with Gasteiger partial charge in [0, 0.05) is 18.7 Å². The standard InChI is InChI=1S/C13H17N3O3/c14-11(8-1-2-8)6-12(17)16-7-10-5-9(13(18)19)3-4-15-10/h3-5,8,11H,1-2,6-7,14H2,(H,16,17)(H,18,19). The molecule has 1 unspecified atom stereocenters. The van der Waals surface area contributed by atoms with Crippen molar-refractivity contribution in [3.63, 3.8) is 0 Å². The summed E-state index contributed by atoms with van der Waals surface area (Å²) in [6.45, 7) is 0.220. The topological polar surface area (TPSA) is 105 Å². The summed E-state index contributed by atoms with van der Waals surface area (Å²) in [6, 6.07) is 2.79. The molecule has 1 fully saturated rings. The quantitative estimate of drug-likeness (QED) is 0.694. The molecule has 1 amide bonds. The van der Waals surface area contributed by atoms with Gasteiger partial charge in [-0.15, -0.1) is 0 Å². The highest BCUT2D eigenvalue weighted by Gasteiger charge is 2.29. The van der Waals surface area contributed by atoms with Crippen molar-refractivity contribution in [2.75, 3.05) is 0 Å². The molecule has 1 aliphatic rings. The Morgan fingerprint density at radius 1 is 1.53 bits per heavy atom. The smallest absolute Gasteiger partial charge is 0.335 e. The van der Waals surface area contributed by atoms with Crippen LogP contribution < -0.4 is 11.1 Å². The Bertz CT molecular complexity index is 486. The lowest BCUT2D eigenvalue weighted by Gasteiger charge is -2.10. The Morgan fingerprint density at radius 2 is 2.26 bits per heavy atom. The predicted octanol–water partition coefficient (Wildman–Crippen LogP) is 0.523. The fourth-order valence-electron chi connectivity index (χ4n) is 1.87. The number of aromatic carboxylic acids is 1. The van der Waals surface area contributed by atoms with Crippen molar-refractivity contribution in [1.29, 1.82) is 0 Å².